The van der Waals surface area contributed by atoms with Crippen molar-refractivity contribution >= 4 is 17.5 Å². The van der Waals surface area contributed by atoms with E-state index in [4.69, 9.17) is 20.5 Å². The van der Waals surface area contributed by atoms with Crippen LogP contribution in [-0.4, -0.2) is 11.1 Å². The zero-order valence-corrected chi connectivity index (χ0v) is 14.9. The Morgan fingerprint density at radius 1 is 1.00 bits per heavy atom. The molecule has 6 heteroatoms. The Morgan fingerprint density at radius 2 is 1.78 bits per heavy atom. The Bertz CT molecular complexity index is 1030. The van der Waals surface area contributed by atoms with Gasteiger partial charge in [-0.2, -0.15) is 0 Å². The molecule has 4 rings (SSSR count). The number of hydrogen-bond acceptors (Lipinski definition) is 4. The zero-order valence-electron chi connectivity index (χ0n) is 14.1. The maximum Gasteiger partial charge on any atom is 0.274 e. The molecule has 2 aromatic heterocycles. The lowest BCUT2D eigenvalue weighted by molar-refractivity contribution is 0.0930. The summed E-state index contributed by atoms with van der Waals surface area (Å²) in [6.45, 7) is 0. The van der Waals surface area contributed by atoms with Crippen molar-refractivity contribution in [2.45, 2.75) is 6.04 Å². The van der Waals surface area contributed by atoms with E-state index in [1.54, 1.807) is 42.7 Å². The van der Waals surface area contributed by atoms with Crippen molar-refractivity contribution in [3.8, 4) is 11.3 Å². The van der Waals surface area contributed by atoms with E-state index in [-0.39, 0.29) is 11.6 Å². The first-order chi connectivity index (χ1) is 13.2. The van der Waals surface area contributed by atoms with Crippen molar-refractivity contribution < 1.29 is 13.7 Å². The quantitative estimate of drug-likeness (QED) is 0.524. The van der Waals surface area contributed by atoms with Crippen molar-refractivity contribution in [3.63, 3.8) is 0 Å². The predicted molar refractivity (Wildman–Crippen MR) is 101 cm³/mol. The summed E-state index contributed by atoms with van der Waals surface area (Å²) >= 11 is 5.90. The highest BCUT2D eigenvalue weighted by Gasteiger charge is 2.22. The molecule has 2 heterocycles. The Morgan fingerprint density at radius 3 is 2.48 bits per heavy atom. The van der Waals surface area contributed by atoms with Crippen LogP contribution in [0.5, 0.6) is 0 Å². The number of aromatic nitrogens is 1. The minimum Gasteiger partial charge on any atom is -0.467 e. The normalized spacial score (nSPS) is 11.9. The van der Waals surface area contributed by atoms with Crippen LogP contribution in [0.15, 0.2) is 88.0 Å². The maximum atomic E-state index is 12.7. The molecule has 27 heavy (non-hydrogen) atoms. The number of nitrogens with one attached hydrogen (secondary N) is 1. The molecular formula is C21H15ClN2O3. The van der Waals surface area contributed by atoms with E-state index in [1.165, 1.54) is 0 Å². The molecule has 134 valence electrons. The molecule has 1 N–H and O–H groups in total. The average molecular weight is 379 g/mol. The van der Waals surface area contributed by atoms with Gasteiger partial charge in [0, 0.05) is 16.7 Å². The SMILES string of the molecule is O=C(NC(c1ccccc1)c1ccco1)c1cc(-c2ccc(Cl)cc2)on1. The number of benzene rings is 2. The zero-order chi connectivity index (χ0) is 18.6. The van der Waals surface area contributed by atoms with Gasteiger partial charge in [0.1, 0.15) is 11.8 Å². The Labute approximate surface area is 160 Å². The molecule has 1 unspecified atom stereocenters. The van der Waals surface area contributed by atoms with Crippen LogP contribution in [0.2, 0.25) is 5.02 Å². The van der Waals surface area contributed by atoms with Gasteiger partial charge in [-0.05, 0) is 42.0 Å². The van der Waals surface area contributed by atoms with E-state index < -0.39 is 6.04 Å². The molecule has 0 radical (unpaired) electrons. The fraction of sp³-hybridized carbons (Fsp3) is 0.0476. The van der Waals surface area contributed by atoms with Crippen LogP contribution in [0.3, 0.4) is 0 Å². The summed E-state index contributed by atoms with van der Waals surface area (Å²) in [6, 6.07) is 21.5. The monoisotopic (exact) mass is 378 g/mol. The third-order valence-corrected chi connectivity index (χ3v) is 4.36. The van der Waals surface area contributed by atoms with E-state index in [2.05, 4.69) is 10.5 Å². The number of furan rings is 1. The summed E-state index contributed by atoms with van der Waals surface area (Å²) in [7, 11) is 0. The van der Waals surface area contributed by atoms with Crippen molar-refractivity contribution in [1.29, 1.82) is 0 Å². The molecule has 0 aliphatic heterocycles. The molecule has 0 aliphatic rings. The van der Waals surface area contributed by atoms with Gasteiger partial charge in [0.2, 0.25) is 0 Å². The molecule has 0 aliphatic carbocycles. The van der Waals surface area contributed by atoms with Crippen LogP contribution in [0, 0.1) is 0 Å². The molecule has 1 atom stereocenters. The number of carbonyl (C=O) groups is 1. The summed E-state index contributed by atoms with van der Waals surface area (Å²) in [5.74, 6) is 0.770. The summed E-state index contributed by atoms with van der Waals surface area (Å²) < 4.78 is 10.8. The van der Waals surface area contributed by atoms with E-state index in [0.717, 1.165) is 11.1 Å². The molecule has 1 amide bonds. The molecular weight excluding hydrogens is 364 g/mol. The predicted octanol–water partition coefficient (Wildman–Crippen LogP) is 5.11. The highest BCUT2D eigenvalue weighted by molar-refractivity contribution is 6.30. The van der Waals surface area contributed by atoms with Gasteiger partial charge in [-0.3, -0.25) is 4.79 Å². The fourth-order valence-electron chi connectivity index (χ4n) is 2.76. The molecule has 0 bridgehead atoms. The van der Waals surface area contributed by atoms with Gasteiger partial charge in [0.25, 0.3) is 5.91 Å². The topological polar surface area (TPSA) is 68.3 Å². The van der Waals surface area contributed by atoms with Crippen LogP contribution in [0.25, 0.3) is 11.3 Å². The van der Waals surface area contributed by atoms with E-state index >= 15 is 0 Å². The minimum absolute atomic E-state index is 0.187. The molecule has 0 fully saturated rings. The summed E-state index contributed by atoms with van der Waals surface area (Å²) in [6.07, 6.45) is 1.58. The van der Waals surface area contributed by atoms with Crippen molar-refractivity contribution in [2.24, 2.45) is 0 Å². The third kappa shape index (κ3) is 3.78. The third-order valence-electron chi connectivity index (χ3n) is 4.11. The van der Waals surface area contributed by atoms with Gasteiger partial charge in [-0.25, -0.2) is 0 Å². The molecule has 0 saturated carbocycles. The lowest BCUT2D eigenvalue weighted by Gasteiger charge is -2.16. The number of halogens is 1. The highest BCUT2D eigenvalue weighted by atomic mass is 35.5. The van der Waals surface area contributed by atoms with Crippen molar-refractivity contribution in [1.82, 2.24) is 10.5 Å². The summed E-state index contributed by atoms with van der Waals surface area (Å²) in [4.78, 5) is 12.7. The number of nitrogens with zero attached hydrogens (tertiary/aromatic N) is 1. The van der Waals surface area contributed by atoms with Gasteiger partial charge < -0.3 is 14.3 Å². The number of rotatable bonds is 5. The molecule has 0 spiro atoms. The highest BCUT2D eigenvalue weighted by Crippen LogP contribution is 2.25. The number of carbonyl (C=O) groups excluding carboxylic acids is 1. The second kappa shape index (κ2) is 7.51. The molecule has 4 aromatic rings. The lowest BCUT2D eigenvalue weighted by atomic mass is 10.0. The van der Waals surface area contributed by atoms with Crippen LogP contribution >= 0.6 is 11.6 Å². The van der Waals surface area contributed by atoms with E-state index in [1.807, 2.05) is 36.4 Å². The van der Waals surface area contributed by atoms with E-state index in [9.17, 15) is 4.79 Å². The van der Waals surface area contributed by atoms with Crippen LogP contribution < -0.4 is 5.32 Å². The van der Waals surface area contributed by atoms with Gasteiger partial charge in [-0.15, -0.1) is 0 Å². The number of hydrogen-bond donors (Lipinski definition) is 1. The summed E-state index contributed by atoms with van der Waals surface area (Å²) in [5, 5.41) is 7.47. The number of amides is 1. The van der Waals surface area contributed by atoms with Crippen molar-refractivity contribution in [2.75, 3.05) is 0 Å². The first-order valence-corrected chi connectivity index (χ1v) is 8.70. The van der Waals surface area contributed by atoms with E-state index in [0.29, 0.717) is 16.5 Å². The molecule has 5 nitrogen and oxygen atoms in total. The average Bonchev–Trinajstić information content (AvgIpc) is 3.39. The molecule has 0 saturated heterocycles. The smallest absolute Gasteiger partial charge is 0.274 e. The van der Waals surface area contributed by atoms with Gasteiger partial charge in [-0.1, -0.05) is 47.1 Å². The van der Waals surface area contributed by atoms with Crippen LogP contribution in [0.4, 0.5) is 0 Å². The van der Waals surface area contributed by atoms with Crippen molar-refractivity contribution in [3.05, 3.63) is 101 Å². The molecule has 2 aromatic carbocycles. The Kier molecular flexibility index (Phi) is 4.77. The second-order valence-electron chi connectivity index (χ2n) is 5.92. The summed E-state index contributed by atoms with van der Waals surface area (Å²) in [5.41, 5.74) is 1.88. The maximum absolute atomic E-state index is 12.7. The van der Waals surface area contributed by atoms with Gasteiger partial charge in [0.05, 0.1) is 6.26 Å². The first kappa shape index (κ1) is 17.1. The Balaban J connectivity index is 1.58. The Hall–Kier alpha value is -3.31. The fourth-order valence-corrected chi connectivity index (χ4v) is 2.88. The van der Waals surface area contributed by atoms with Gasteiger partial charge >= 0.3 is 0 Å². The van der Waals surface area contributed by atoms with Crippen LogP contribution in [-0.2, 0) is 0 Å². The minimum atomic E-state index is -0.426. The lowest BCUT2D eigenvalue weighted by Crippen LogP contribution is -2.29. The standard InChI is InChI=1S/C21H15ClN2O3/c22-16-10-8-14(9-11-16)19-13-17(24-27-19)21(25)23-20(18-7-4-12-26-18)15-5-2-1-3-6-15/h1-13,20H,(H,23,25). The first-order valence-electron chi connectivity index (χ1n) is 8.32. The van der Waals surface area contributed by atoms with Gasteiger partial charge in [0.15, 0.2) is 11.5 Å². The van der Waals surface area contributed by atoms with Crippen LogP contribution in [0.1, 0.15) is 27.9 Å². The largest absolute Gasteiger partial charge is 0.467 e. The second-order valence-corrected chi connectivity index (χ2v) is 6.35.